The van der Waals surface area contributed by atoms with Gasteiger partial charge in [-0.1, -0.05) is 85.5 Å². The first-order chi connectivity index (χ1) is 24.7. The van der Waals surface area contributed by atoms with Crippen LogP contribution >= 0.6 is 23.1 Å². The second-order valence-corrected chi connectivity index (χ2v) is 15.3. The molecule has 2 aliphatic rings. The number of aliphatic hydroxyl groups excluding tert-OH is 1. The Labute approximate surface area is 305 Å². The molecule has 5 aromatic rings. The molecule has 51 heavy (non-hydrogen) atoms. The Kier molecular flexibility index (Phi) is 10.0. The van der Waals surface area contributed by atoms with E-state index >= 15 is 0 Å². The molecule has 1 saturated heterocycles. The molecule has 262 valence electrons. The maximum Gasteiger partial charge on any atom is 0.301 e. The number of aromatic nitrogens is 2. The van der Waals surface area contributed by atoms with Crippen LogP contribution in [0.15, 0.2) is 88.8 Å². The molecule has 0 spiro atoms. The maximum absolute atomic E-state index is 14.0. The van der Waals surface area contributed by atoms with Crippen molar-refractivity contribution in [2.75, 3.05) is 18.1 Å². The zero-order valence-corrected chi connectivity index (χ0v) is 30.6. The number of anilines is 1. The number of ether oxygens (including phenoxy) is 3. The average molecular weight is 722 g/mol. The Balaban J connectivity index is 1.27. The second-order valence-electron chi connectivity index (χ2n) is 13.1. The van der Waals surface area contributed by atoms with Crippen LogP contribution in [0.5, 0.6) is 17.2 Å². The number of aliphatic hydroxyl groups is 1. The molecule has 2 aliphatic heterocycles. The zero-order chi connectivity index (χ0) is 35.6. The molecule has 9 nitrogen and oxygen atoms in total. The zero-order valence-electron chi connectivity index (χ0n) is 28.9. The van der Waals surface area contributed by atoms with Gasteiger partial charge in [0.05, 0.1) is 24.8 Å². The first-order valence-corrected chi connectivity index (χ1v) is 19.0. The number of Topliss-reactive ketones (excluding diaryl/α,β-unsaturated/α-hetero) is 1. The number of amides is 1. The quantitative estimate of drug-likeness (QED) is 0.0445. The number of hydrogen-bond donors (Lipinski definition) is 1. The van der Waals surface area contributed by atoms with Gasteiger partial charge in [-0.2, -0.15) is 0 Å². The highest BCUT2D eigenvalue weighted by atomic mass is 32.2. The number of nitrogens with zero attached hydrogens (tertiary/aromatic N) is 3. The van der Waals surface area contributed by atoms with Gasteiger partial charge in [0.2, 0.25) is 5.13 Å². The Morgan fingerprint density at radius 2 is 1.84 bits per heavy atom. The normalized spacial score (nSPS) is 18.0. The van der Waals surface area contributed by atoms with Gasteiger partial charge in [0.1, 0.15) is 17.6 Å². The van der Waals surface area contributed by atoms with Gasteiger partial charge in [-0.3, -0.25) is 14.5 Å². The van der Waals surface area contributed by atoms with E-state index in [4.69, 9.17) is 14.2 Å². The number of carbonyl (C=O) groups is 2. The van der Waals surface area contributed by atoms with Gasteiger partial charge in [-0.15, -0.1) is 10.2 Å². The van der Waals surface area contributed by atoms with Crippen molar-refractivity contribution >= 4 is 56.5 Å². The number of fused-ring (bicyclic) bond motifs is 2. The van der Waals surface area contributed by atoms with Crippen molar-refractivity contribution in [1.82, 2.24) is 10.2 Å². The van der Waals surface area contributed by atoms with Crippen LogP contribution in [0.3, 0.4) is 0 Å². The highest BCUT2D eigenvalue weighted by Crippen LogP contribution is 2.46. The summed E-state index contributed by atoms with van der Waals surface area (Å²) in [6.45, 7) is 9.03. The summed E-state index contributed by atoms with van der Waals surface area (Å²) in [7, 11) is 0. The van der Waals surface area contributed by atoms with Crippen molar-refractivity contribution in [3.8, 4) is 17.2 Å². The summed E-state index contributed by atoms with van der Waals surface area (Å²) in [6.07, 6.45) is 1.55. The summed E-state index contributed by atoms with van der Waals surface area (Å²) in [5.74, 6) is 1.03. The van der Waals surface area contributed by atoms with E-state index in [1.807, 2.05) is 38.1 Å². The summed E-state index contributed by atoms with van der Waals surface area (Å²) in [6, 6.07) is 24.1. The van der Waals surface area contributed by atoms with Gasteiger partial charge in [0.25, 0.3) is 5.78 Å². The van der Waals surface area contributed by atoms with Crippen LogP contribution in [0.2, 0.25) is 0 Å². The van der Waals surface area contributed by atoms with Gasteiger partial charge >= 0.3 is 5.91 Å². The topological polar surface area (TPSA) is 111 Å². The summed E-state index contributed by atoms with van der Waals surface area (Å²) in [5.41, 5.74) is 3.04. The van der Waals surface area contributed by atoms with E-state index in [1.54, 1.807) is 30.3 Å². The van der Waals surface area contributed by atoms with Crippen LogP contribution in [-0.4, -0.2) is 46.3 Å². The summed E-state index contributed by atoms with van der Waals surface area (Å²) in [5, 5.41) is 23.3. The van der Waals surface area contributed by atoms with E-state index in [9.17, 15) is 14.7 Å². The average Bonchev–Trinajstić information content (AvgIpc) is 3.82. The lowest BCUT2D eigenvalue weighted by Crippen LogP contribution is -2.29. The van der Waals surface area contributed by atoms with Gasteiger partial charge in [-0.25, -0.2) is 0 Å². The molecule has 0 radical (unpaired) electrons. The van der Waals surface area contributed by atoms with Crippen LogP contribution in [0, 0.1) is 5.92 Å². The number of rotatable bonds is 12. The van der Waals surface area contributed by atoms with E-state index in [1.165, 1.54) is 28.0 Å². The monoisotopic (exact) mass is 721 g/mol. The molecule has 0 bridgehead atoms. The predicted molar refractivity (Wildman–Crippen MR) is 201 cm³/mol. The highest BCUT2D eigenvalue weighted by molar-refractivity contribution is 8.00. The van der Waals surface area contributed by atoms with Crippen LogP contribution in [0.1, 0.15) is 62.4 Å². The third kappa shape index (κ3) is 7.05. The lowest BCUT2D eigenvalue weighted by Gasteiger charge is -2.24. The summed E-state index contributed by atoms with van der Waals surface area (Å²) in [4.78, 5) is 29.3. The Morgan fingerprint density at radius 3 is 2.67 bits per heavy atom. The lowest BCUT2D eigenvalue weighted by atomic mass is 9.94. The van der Waals surface area contributed by atoms with Crippen molar-refractivity contribution in [1.29, 1.82) is 0 Å². The molecule has 1 amide bonds. The van der Waals surface area contributed by atoms with Crippen molar-refractivity contribution in [2.24, 2.45) is 5.92 Å². The fraction of sp³-hybridized carbons (Fsp3) is 0.300. The van der Waals surface area contributed by atoms with E-state index < -0.39 is 17.7 Å². The standard InChI is InChI=1S/C40H39N3O6S2/c1-5-47-33-21-26(13-16-32(33)48-18-17-23(2)3)35-34(36(44)27-14-15-31-29(20-27)19-24(4)49-31)37(45)38(46)43(35)39-41-42-40(51-39)50-22-28-11-8-10-25-9-6-7-12-30(25)28/h6-16,20-21,23-24,35,44H,5,17-19,22H2,1-4H3/b36-34+/t24-,35+/m0/s1. The molecule has 1 N–H and O–H groups in total. The van der Waals surface area contributed by atoms with E-state index in [0.29, 0.717) is 58.3 Å². The molecular weight excluding hydrogens is 683 g/mol. The minimum absolute atomic E-state index is 0.00585. The van der Waals surface area contributed by atoms with E-state index in [0.717, 1.165) is 34.1 Å². The number of ketones is 1. The Morgan fingerprint density at radius 1 is 1.02 bits per heavy atom. The second kappa shape index (κ2) is 14.8. The molecule has 7 rings (SSSR count). The minimum Gasteiger partial charge on any atom is -0.507 e. The van der Waals surface area contributed by atoms with Crippen LogP contribution < -0.4 is 19.1 Å². The molecule has 2 atom stereocenters. The van der Waals surface area contributed by atoms with Gasteiger partial charge in [0.15, 0.2) is 15.8 Å². The SMILES string of the molecule is CCOc1cc([C@@H]2/C(=C(\O)c3ccc4c(c3)C[C@H](C)O4)C(=O)C(=O)N2c2nnc(SCc3cccc4ccccc34)s2)ccc1OCCC(C)C. The van der Waals surface area contributed by atoms with E-state index in [-0.39, 0.29) is 22.6 Å². The van der Waals surface area contributed by atoms with Crippen LogP contribution in [-0.2, 0) is 21.8 Å². The van der Waals surface area contributed by atoms with Gasteiger partial charge in [-0.05, 0) is 84.0 Å². The molecular formula is C40H39N3O6S2. The molecule has 0 aliphatic carbocycles. The first kappa shape index (κ1) is 34.6. The predicted octanol–water partition coefficient (Wildman–Crippen LogP) is 8.76. The number of carbonyl (C=O) groups excluding carboxylic acids is 2. The van der Waals surface area contributed by atoms with Crippen molar-refractivity contribution in [3.63, 3.8) is 0 Å². The first-order valence-electron chi connectivity index (χ1n) is 17.1. The van der Waals surface area contributed by atoms with Crippen LogP contribution in [0.25, 0.3) is 16.5 Å². The molecule has 1 aromatic heterocycles. The third-order valence-electron chi connectivity index (χ3n) is 8.98. The number of benzene rings is 4. The smallest absolute Gasteiger partial charge is 0.301 e. The minimum atomic E-state index is -0.999. The fourth-order valence-electron chi connectivity index (χ4n) is 6.47. The van der Waals surface area contributed by atoms with Crippen molar-refractivity contribution < 1.29 is 28.9 Å². The van der Waals surface area contributed by atoms with Gasteiger partial charge < -0.3 is 19.3 Å². The number of thioether (sulfide) groups is 1. The molecule has 0 saturated carbocycles. The van der Waals surface area contributed by atoms with Crippen LogP contribution in [0.4, 0.5) is 5.13 Å². The van der Waals surface area contributed by atoms with Gasteiger partial charge in [0, 0.05) is 17.7 Å². The lowest BCUT2D eigenvalue weighted by molar-refractivity contribution is -0.132. The largest absolute Gasteiger partial charge is 0.507 e. The summed E-state index contributed by atoms with van der Waals surface area (Å²) >= 11 is 2.75. The molecule has 11 heteroatoms. The molecule has 0 unspecified atom stereocenters. The molecule has 3 heterocycles. The van der Waals surface area contributed by atoms with E-state index in [2.05, 4.69) is 48.3 Å². The fourth-order valence-corrected chi connectivity index (χ4v) is 8.34. The number of hydrogen-bond acceptors (Lipinski definition) is 10. The Bertz CT molecular complexity index is 2140. The highest BCUT2D eigenvalue weighted by Gasteiger charge is 2.48. The van der Waals surface area contributed by atoms with Crippen molar-refractivity contribution in [2.45, 2.75) is 62.8 Å². The Hall–Kier alpha value is -4.87. The molecule has 1 fully saturated rings. The molecule has 4 aromatic carbocycles. The summed E-state index contributed by atoms with van der Waals surface area (Å²) < 4.78 is 18.6. The third-order valence-corrected chi connectivity index (χ3v) is 11.1. The van der Waals surface area contributed by atoms with Crippen molar-refractivity contribution in [3.05, 3.63) is 107 Å². The maximum atomic E-state index is 14.0.